The molecule has 1 saturated heterocycles. The summed E-state index contributed by atoms with van der Waals surface area (Å²) in [5.74, 6) is 0.320. The van der Waals surface area contributed by atoms with Crippen LogP contribution in [0.4, 0.5) is 0 Å². The number of hydrogen-bond acceptors (Lipinski definition) is 3. The van der Waals surface area contributed by atoms with Gasteiger partial charge in [0.25, 0.3) is 5.91 Å². The van der Waals surface area contributed by atoms with E-state index >= 15 is 0 Å². The average molecular weight is 295 g/mol. The third kappa shape index (κ3) is 3.03. The fourth-order valence-corrected chi connectivity index (χ4v) is 3.70. The van der Waals surface area contributed by atoms with E-state index in [9.17, 15) is 13.2 Å². The molecule has 1 fully saturated rings. The van der Waals surface area contributed by atoms with Gasteiger partial charge in [0.15, 0.2) is 9.84 Å². The summed E-state index contributed by atoms with van der Waals surface area (Å²) in [4.78, 5) is 14.5. The van der Waals surface area contributed by atoms with Gasteiger partial charge in [-0.1, -0.05) is 26.0 Å². The summed E-state index contributed by atoms with van der Waals surface area (Å²) >= 11 is 0. The lowest BCUT2D eigenvalue weighted by Gasteiger charge is -2.31. The van der Waals surface area contributed by atoms with Crippen molar-refractivity contribution in [1.82, 2.24) is 4.90 Å². The van der Waals surface area contributed by atoms with E-state index in [0.29, 0.717) is 24.6 Å². The number of nitrogens with zero attached hydrogens (tertiary/aromatic N) is 1. The maximum atomic E-state index is 12.6. The van der Waals surface area contributed by atoms with Crippen LogP contribution >= 0.6 is 0 Å². The average Bonchev–Trinajstić information content (AvgIpc) is 2.46. The molecule has 0 radical (unpaired) electrons. The Balaban J connectivity index is 2.35. The summed E-state index contributed by atoms with van der Waals surface area (Å²) in [5.41, 5.74) is 0.309. The minimum atomic E-state index is -3.37. The molecule has 0 unspecified atom stereocenters. The number of carbonyl (C=O) groups excluding carboxylic acids is 1. The number of rotatable bonds is 3. The highest BCUT2D eigenvalue weighted by atomic mass is 32.2. The van der Waals surface area contributed by atoms with Gasteiger partial charge in [-0.25, -0.2) is 8.42 Å². The monoisotopic (exact) mass is 295 g/mol. The van der Waals surface area contributed by atoms with Crippen LogP contribution in [0.5, 0.6) is 0 Å². The first-order valence-corrected chi connectivity index (χ1v) is 8.72. The molecule has 0 spiro atoms. The maximum absolute atomic E-state index is 12.6. The number of piperidine rings is 1. The lowest BCUT2D eigenvalue weighted by atomic mass is 9.99. The Labute approximate surface area is 120 Å². The van der Waals surface area contributed by atoms with Crippen LogP contribution in [0.2, 0.25) is 0 Å². The van der Waals surface area contributed by atoms with E-state index in [2.05, 4.69) is 6.92 Å². The Kier molecular flexibility index (Phi) is 4.48. The molecule has 1 amide bonds. The number of likely N-dealkylation sites (tertiary alicyclic amines) is 1. The first kappa shape index (κ1) is 15.0. The molecule has 20 heavy (non-hydrogen) atoms. The van der Waals surface area contributed by atoms with E-state index in [0.717, 1.165) is 12.8 Å². The molecule has 0 saturated carbocycles. The molecular formula is C15H21NO3S. The molecule has 1 aromatic carbocycles. The van der Waals surface area contributed by atoms with Gasteiger partial charge >= 0.3 is 0 Å². The van der Waals surface area contributed by atoms with Crippen LogP contribution in [-0.2, 0) is 9.84 Å². The number of carbonyl (C=O) groups is 1. The van der Waals surface area contributed by atoms with Crippen molar-refractivity contribution in [2.24, 2.45) is 5.92 Å². The second-order valence-corrected chi connectivity index (χ2v) is 7.64. The summed E-state index contributed by atoms with van der Waals surface area (Å²) in [7, 11) is -3.37. The summed E-state index contributed by atoms with van der Waals surface area (Å²) in [6.45, 7) is 5.14. The fraction of sp³-hybridized carbons (Fsp3) is 0.533. The predicted molar refractivity (Wildman–Crippen MR) is 78.5 cm³/mol. The zero-order valence-electron chi connectivity index (χ0n) is 12.0. The van der Waals surface area contributed by atoms with Gasteiger partial charge < -0.3 is 4.90 Å². The molecule has 2 rings (SSSR count). The van der Waals surface area contributed by atoms with Gasteiger partial charge in [0.2, 0.25) is 0 Å². The van der Waals surface area contributed by atoms with Crippen molar-refractivity contribution >= 4 is 15.7 Å². The van der Waals surface area contributed by atoms with Crippen molar-refractivity contribution in [2.75, 3.05) is 18.8 Å². The van der Waals surface area contributed by atoms with Crippen molar-refractivity contribution in [1.29, 1.82) is 0 Å². The normalized spacial score (nSPS) is 19.9. The lowest BCUT2D eigenvalue weighted by molar-refractivity contribution is 0.0679. The molecule has 110 valence electrons. The van der Waals surface area contributed by atoms with Crippen LogP contribution in [0.15, 0.2) is 29.2 Å². The maximum Gasteiger partial charge on any atom is 0.255 e. The topological polar surface area (TPSA) is 54.5 Å². The van der Waals surface area contributed by atoms with Crippen molar-refractivity contribution in [2.45, 2.75) is 31.6 Å². The van der Waals surface area contributed by atoms with E-state index < -0.39 is 9.84 Å². The molecule has 1 aliphatic rings. The van der Waals surface area contributed by atoms with E-state index in [-0.39, 0.29) is 16.6 Å². The molecule has 5 heteroatoms. The first-order chi connectivity index (χ1) is 9.45. The molecule has 0 aromatic heterocycles. The zero-order valence-corrected chi connectivity index (χ0v) is 12.8. The molecule has 1 heterocycles. The highest BCUT2D eigenvalue weighted by Crippen LogP contribution is 2.22. The van der Waals surface area contributed by atoms with Gasteiger partial charge in [0, 0.05) is 13.1 Å². The molecule has 1 atom stereocenters. The van der Waals surface area contributed by atoms with E-state index in [1.807, 2.05) is 0 Å². The Morgan fingerprint density at radius 2 is 2.05 bits per heavy atom. The Morgan fingerprint density at radius 1 is 1.35 bits per heavy atom. The third-order valence-electron chi connectivity index (χ3n) is 3.78. The highest BCUT2D eigenvalue weighted by molar-refractivity contribution is 7.91. The minimum Gasteiger partial charge on any atom is -0.338 e. The predicted octanol–water partition coefficient (Wildman–Crippen LogP) is 2.35. The van der Waals surface area contributed by atoms with Crippen molar-refractivity contribution < 1.29 is 13.2 Å². The number of benzene rings is 1. The zero-order chi connectivity index (χ0) is 14.8. The van der Waals surface area contributed by atoms with Gasteiger partial charge in [0.05, 0.1) is 16.2 Å². The summed E-state index contributed by atoms with van der Waals surface area (Å²) in [6.07, 6.45) is 2.11. The largest absolute Gasteiger partial charge is 0.338 e. The Morgan fingerprint density at radius 3 is 2.70 bits per heavy atom. The number of hydrogen-bond donors (Lipinski definition) is 0. The Hall–Kier alpha value is -1.36. The van der Waals surface area contributed by atoms with Crippen LogP contribution in [0.25, 0.3) is 0 Å². The SMILES string of the molecule is CCS(=O)(=O)c1ccccc1C(=O)N1CCC[C@@H](C)C1. The fourth-order valence-electron chi connectivity index (χ4n) is 2.61. The highest BCUT2D eigenvalue weighted by Gasteiger charge is 2.26. The molecule has 0 N–H and O–H groups in total. The van der Waals surface area contributed by atoms with Gasteiger partial charge in [-0.15, -0.1) is 0 Å². The summed E-state index contributed by atoms with van der Waals surface area (Å²) < 4.78 is 24.2. The van der Waals surface area contributed by atoms with Gasteiger partial charge in [-0.3, -0.25) is 4.79 Å². The van der Waals surface area contributed by atoms with Crippen LogP contribution in [0, 0.1) is 5.92 Å². The number of amides is 1. The molecule has 0 bridgehead atoms. The Bertz CT molecular complexity index is 595. The first-order valence-electron chi connectivity index (χ1n) is 7.06. The summed E-state index contributed by atoms with van der Waals surface area (Å²) in [6, 6.07) is 6.52. The standard InChI is InChI=1S/C15H21NO3S/c1-3-20(18,19)14-9-5-4-8-13(14)15(17)16-10-6-7-12(2)11-16/h4-5,8-9,12H,3,6-7,10-11H2,1-2H3/t12-/m1/s1. The third-order valence-corrected chi connectivity index (χ3v) is 5.56. The van der Waals surface area contributed by atoms with Crippen LogP contribution in [-0.4, -0.2) is 38.1 Å². The number of sulfone groups is 1. The van der Waals surface area contributed by atoms with Crippen molar-refractivity contribution in [3.8, 4) is 0 Å². The smallest absolute Gasteiger partial charge is 0.255 e. The molecule has 4 nitrogen and oxygen atoms in total. The van der Waals surface area contributed by atoms with E-state index in [1.54, 1.807) is 30.0 Å². The molecule has 0 aliphatic carbocycles. The van der Waals surface area contributed by atoms with Crippen molar-refractivity contribution in [3.05, 3.63) is 29.8 Å². The second-order valence-electron chi connectivity index (χ2n) is 5.40. The van der Waals surface area contributed by atoms with E-state index in [4.69, 9.17) is 0 Å². The van der Waals surface area contributed by atoms with Crippen LogP contribution in [0.3, 0.4) is 0 Å². The van der Waals surface area contributed by atoms with Crippen LogP contribution in [0.1, 0.15) is 37.0 Å². The lowest BCUT2D eigenvalue weighted by Crippen LogP contribution is -2.39. The van der Waals surface area contributed by atoms with Gasteiger partial charge in [-0.05, 0) is 30.9 Å². The van der Waals surface area contributed by atoms with Crippen LogP contribution < -0.4 is 0 Å². The van der Waals surface area contributed by atoms with Crippen molar-refractivity contribution in [3.63, 3.8) is 0 Å². The van der Waals surface area contributed by atoms with Gasteiger partial charge in [-0.2, -0.15) is 0 Å². The minimum absolute atomic E-state index is 0.00764. The molecular weight excluding hydrogens is 274 g/mol. The molecule has 1 aliphatic heterocycles. The van der Waals surface area contributed by atoms with Gasteiger partial charge in [0.1, 0.15) is 0 Å². The quantitative estimate of drug-likeness (QED) is 0.860. The second kappa shape index (κ2) is 5.95. The summed E-state index contributed by atoms with van der Waals surface area (Å²) in [5, 5.41) is 0. The molecule has 1 aromatic rings. The van der Waals surface area contributed by atoms with E-state index in [1.165, 1.54) is 6.07 Å².